The maximum absolute atomic E-state index is 14.3. The number of fused-ring (bicyclic) bond motifs is 5. The number of anilines is 2. The fourth-order valence-electron chi connectivity index (χ4n) is 10.0. The van der Waals surface area contributed by atoms with Crippen LogP contribution in [0.15, 0.2) is 66.3 Å². The predicted molar refractivity (Wildman–Crippen MR) is 227 cm³/mol. The van der Waals surface area contributed by atoms with Crippen molar-refractivity contribution >= 4 is 52.5 Å². The summed E-state index contributed by atoms with van der Waals surface area (Å²) in [6.45, 7) is 5.09. The molecule has 5 fully saturated rings. The van der Waals surface area contributed by atoms with E-state index in [2.05, 4.69) is 60.7 Å². The number of hydrogen-bond donors (Lipinski definition) is 3. The highest BCUT2D eigenvalue weighted by Crippen LogP contribution is 2.54. The lowest BCUT2D eigenvalue weighted by molar-refractivity contribution is -0.621. The van der Waals surface area contributed by atoms with Crippen molar-refractivity contribution in [2.45, 2.75) is 63.3 Å². The number of carbonyl (C=O) groups excluding carboxylic acids is 3. The number of benzene rings is 1. The van der Waals surface area contributed by atoms with Crippen LogP contribution in [0.3, 0.4) is 0 Å². The first-order valence-corrected chi connectivity index (χ1v) is 21.6. The molecule has 1 aromatic carbocycles. The first kappa shape index (κ1) is 40.6. The molecule has 4 amide bonds. The van der Waals surface area contributed by atoms with E-state index in [9.17, 15) is 32.7 Å². The zero-order chi connectivity index (χ0) is 43.5. The van der Waals surface area contributed by atoms with Gasteiger partial charge in [-0.1, -0.05) is 22.9 Å². The van der Waals surface area contributed by atoms with E-state index < -0.39 is 40.7 Å². The smallest absolute Gasteiger partial charge is 0.328 e. The van der Waals surface area contributed by atoms with Crippen molar-refractivity contribution < 1.29 is 37.3 Å². The van der Waals surface area contributed by atoms with Crippen LogP contribution in [-0.2, 0) is 11.2 Å². The van der Waals surface area contributed by atoms with Gasteiger partial charge in [0.25, 0.3) is 5.91 Å². The summed E-state index contributed by atoms with van der Waals surface area (Å²) in [6, 6.07) is 4.17. The lowest BCUT2D eigenvalue weighted by atomic mass is 9.57. The summed E-state index contributed by atoms with van der Waals surface area (Å²) in [5.74, 6) is -6.56. The third kappa shape index (κ3) is 7.63. The molecule has 2 bridgehead atoms. The Kier molecular flexibility index (Phi) is 10.3. The number of allylic oxidation sites excluding steroid dienone is 4. The molecule has 0 radical (unpaired) electrons. The summed E-state index contributed by atoms with van der Waals surface area (Å²) in [5, 5.41) is 24.0. The minimum absolute atomic E-state index is 0.0621. The van der Waals surface area contributed by atoms with Crippen LogP contribution in [0, 0.1) is 28.8 Å². The molecule has 18 heteroatoms. The van der Waals surface area contributed by atoms with Gasteiger partial charge in [-0.15, -0.1) is 0 Å². The summed E-state index contributed by atoms with van der Waals surface area (Å²) in [5.41, 5.74) is 4.47. The van der Waals surface area contributed by atoms with Gasteiger partial charge in [-0.3, -0.25) is 24.7 Å². The number of amides is 4. The first-order chi connectivity index (χ1) is 30.5. The van der Waals surface area contributed by atoms with Crippen LogP contribution in [0.4, 0.5) is 29.6 Å². The van der Waals surface area contributed by atoms with Gasteiger partial charge in [0.1, 0.15) is 11.6 Å². The van der Waals surface area contributed by atoms with E-state index >= 15 is 0 Å². The number of pyridine rings is 1. The number of nitrogens with one attached hydrogen (secondary N) is 2. The van der Waals surface area contributed by atoms with Gasteiger partial charge in [-0.25, -0.2) is 28.1 Å². The number of urea groups is 1. The fourth-order valence-corrected chi connectivity index (χ4v) is 10.0. The van der Waals surface area contributed by atoms with E-state index in [1.54, 1.807) is 15.6 Å². The van der Waals surface area contributed by atoms with Crippen LogP contribution in [-0.4, -0.2) is 115 Å². The molecule has 4 aromatic rings. The quantitative estimate of drug-likeness (QED) is 0.139. The Morgan fingerprint density at radius 2 is 1.73 bits per heavy atom. The number of phenolic OH excluding ortho intramolecular Hbond substituents is 1. The second-order valence-electron chi connectivity index (χ2n) is 17.6. The highest BCUT2D eigenvalue weighted by molar-refractivity contribution is 6.13. The lowest BCUT2D eigenvalue weighted by Crippen LogP contribution is -2.54. The molecule has 15 nitrogen and oxygen atoms in total. The first-order valence-electron chi connectivity index (χ1n) is 21.6. The van der Waals surface area contributed by atoms with Crippen molar-refractivity contribution in [3.8, 4) is 5.75 Å². The standard InChI is InChI=1S/C45H46F3N11O4/c46-33-21-32(38(47)39(48)40(33)61)41(62)51-27-44-8-11-45(12-9-44,13-10-44)59-26-30-5-4-29(20-34(30)54-59)31-22-49-42(50-23-31)56-18-16-55(17-19-56)14-1-2-28-3-6-35-36(24-52-58(35)25-28)57-15-7-37(60)53-43(57)63/h3-6,20-26,30H,1-2,7-19,27H2,(H2-,51,53,60,61,62,63)/p+1/t30?,44-,45+. The molecule has 1 unspecified atom stereocenters. The Bertz CT molecular complexity index is 2630. The molecule has 3 aromatic heterocycles. The fraction of sp³-hybridized carbons (Fsp3) is 0.422. The van der Waals surface area contributed by atoms with Gasteiger partial charge >= 0.3 is 6.03 Å². The summed E-state index contributed by atoms with van der Waals surface area (Å²) in [6.07, 6.45) is 23.2. The van der Waals surface area contributed by atoms with Crippen molar-refractivity contribution in [1.29, 1.82) is 0 Å². The molecule has 326 valence electrons. The Morgan fingerprint density at radius 3 is 2.48 bits per heavy atom. The summed E-state index contributed by atoms with van der Waals surface area (Å²) in [4.78, 5) is 52.4. The summed E-state index contributed by atoms with van der Waals surface area (Å²) in [7, 11) is 0. The Morgan fingerprint density at radius 1 is 0.968 bits per heavy atom. The number of carbonyl (C=O) groups is 3. The van der Waals surface area contributed by atoms with Crippen molar-refractivity contribution in [1.82, 2.24) is 35.1 Å². The van der Waals surface area contributed by atoms with Gasteiger partial charge in [0.05, 0.1) is 23.0 Å². The minimum atomic E-state index is -1.77. The Hall–Kier alpha value is -6.43. The molecular formula is C45H47F3N11O4+. The number of rotatable bonds is 11. The molecule has 0 spiro atoms. The summed E-state index contributed by atoms with van der Waals surface area (Å²) >= 11 is 0. The number of hydrazone groups is 1. The molecule has 7 aliphatic rings. The molecule has 3 N–H and O–H groups in total. The van der Waals surface area contributed by atoms with Crippen molar-refractivity contribution in [3.05, 3.63) is 95.4 Å². The maximum atomic E-state index is 14.3. The van der Waals surface area contributed by atoms with Gasteiger partial charge in [-0.05, 0) is 78.5 Å². The molecule has 3 aliphatic heterocycles. The number of aromatic hydroxyl groups is 1. The molecule has 11 rings (SSSR count). The van der Waals surface area contributed by atoms with Crippen LogP contribution < -0.4 is 20.4 Å². The number of imide groups is 1. The van der Waals surface area contributed by atoms with Crippen LogP contribution in [0.5, 0.6) is 5.75 Å². The second-order valence-corrected chi connectivity index (χ2v) is 17.6. The molecule has 4 aliphatic carbocycles. The number of aryl methyl sites for hydroxylation is 1. The molecule has 6 heterocycles. The van der Waals surface area contributed by atoms with Gasteiger partial charge < -0.3 is 15.3 Å². The SMILES string of the molecule is O=C1CCN(c2cnn3cc(CCCN4CCN(c5ncc(C6=CC7=N[N+]([C@]89CC[C@](CNC(=O)c%10cc(F)c(O)c(F)c%10F)(CC8)CC9)=CC7C=C6)cn5)CC4)ccc23)C(=O)N1. The van der Waals surface area contributed by atoms with Gasteiger partial charge in [0.15, 0.2) is 29.1 Å². The molecule has 1 atom stereocenters. The van der Waals surface area contributed by atoms with E-state index in [0.717, 1.165) is 112 Å². The number of halogens is 3. The number of nitrogens with zero attached hydrogens (tertiary/aromatic N) is 9. The third-order valence-corrected chi connectivity index (χ3v) is 14.0. The largest absolute Gasteiger partial charge is 0.503 e. The highest BCUT2D eigenvalue weighted by atomic mass is 19.2. The van der Waals surface area contributed by atoms with E-state index in [-0.39, 0.29) is 35.7 Å². The van der Waals surface area contributed by atoms with E-state index in [1.807, 2.05) is 24.7 Å². The molecular weight excluding hydrogens is 816 g/mol. The van der Waals surface area contributed by atoms with Crippen molar-refractivity contribution in [3.63, 3.8) is 0 Å². The second kappa shape index (κ2) is 16.0. The van der Waals surface area contributed by atoms with Crippen LogP contribution in [0.2, 0.25) is 0 Å². The Balaban J connectivity index is 0.690. The monoisotopic (exact) mass is 862 g/mol. The van der Waals surface area contributed by atoms with E-state index in [4.69, 9.17) is 15.1 Å². The molecule has 63 heavy (non-hydrogen) atoms. The van der Waals surface area contributed by atoms with Gasteiger partial charge in [-0.2, -0.15) is 9.49 Å². The number of aromatic nitrogens is 4. The zero-order valence-corrected chi connectivity index (χ0v) is 34.6. The van der Waals surface area contributed by atoms with E-state index in [0.29, 0.717) is 18.3 Å². The minimum Gasteiger partial charge on any atom is -0.503 e. The van der Waals surface area contributed by atoms with Crippen LogP contribution >= 0.6 is 0 Å². The van der Waals surface area contributed by atoms with Crippen molar-refractivity contribution in [2.75, 3.05) is 55.6 Å². The molecule has 3 saturated carbocycles. The topological polar surface area (TPSA) is 164 Å². The average molecular weight is 863 g/mol. The third-order valence-electron chi connectivity index (χ3n) is 14.0. The zero-order valence-electron chi connectivity index (χ0n) is 34.6. The van der Waals surface area contributed by atoms with Crippen LogP contribution in [0.25, 0.3) is 11.1 Å². The van der Waals surface area contributed by atoms with Crippen molar-refractivity contribution in [2.24, 2.45) is 16.4 Å². The predicted octanol–water partition coefficient (Wildman–Crippen LogP) is 4.99. The Labute approximate surface area is 360 Å². The molecule has 2 saturated heterocycles. The summed E-state index contributed by atoms with van der Waals surface area (Å²) < 4.78 is 46.0. The van der Waals surface area contributed by atoms with Crippen LogP contribution in [0.1, 0.15) is 72.9 Å². The van der Waals surface area contributed by atoms with Gasteiger partial charge in [0.2, 0.25) is 17.7 Å². The lowest BCUT2D eigenvalue weighted by Gasteiger charge is -2.49. The van der Waals surface area contributed by atoms with E-state index in [1.165, 1.54) is 5.56 Å². The van der Waals surface area contributed by atoms with Gasteiger partial charge in [0, 0.05) is 89.1 Å². The number of hydrogen-bond acceptors (Lipinski definition) is 10. The highest BCUT2D eigenvalue weighted by Gasteiger charge is 2.56. The normalized spacial score (nSPS) is 24.6. The number of piperazine rings is 1. The average Bonchev–Trinajstić information content (AvgIpc) is 3.94. The maximum Gasteiger partial charge on any atom is 0.328 e. The number of phenols is 1.